The van der Waals surface area contributed by atoms with Crippen molar-refractivity contribution in [1.82, 2.24) is 0 Å². The average Bonchev–Trinajstić information content (AvgIpc) is 3.43. The fourth-order valence-electron chi connectivity index (χ4n) is 5.11. The van der Waals surface area contributed by atoms with Gasteiger partial charge in [-0.15, -0.1) is 11.3 Å². The van der Waals surface area contributed by atoms with Gasteiger partial charge >= 0.3 is 0 Å². The van der Waals surface area contributed by atoms with Gasteiger partial charge in [0.15, 0.2) is 0 Å². The molecule has 0 spiro atoms. The number of fused-ring (bicyclic) bond motifs is 6. The van der Waals surface area contributed by atoms with Gasteiger partial charge in [-0.1, -0.05) is 103 Å². The van der Waals surface area contributed by atoms with Crippen LogP contribution in [0.25, 0.3) is 64.4 Å². The topological polar surface area (TPSA) is 13.1 Å². The number of benzene rings is 5. The summed E-state index contributed by atoms with van der Waals surface area (Å²) in [4.78, 5) is 0. The third-order valence-corrected chi connectivity index (χ3v) is 7.92. The van der Waals surface area contributed by atoms with Gasteiger partial charge in [0, 0.05) is 42.1 Å². The third kappa shape index (κ3) is 2.73. The van der Waals surface area contributed by atoms with Crippen molar-refractivity contribution in [3.63, 3.8) is 0 Å². The van der Waals surface area contributed by atoms with Crippen LogP contribution in [0.5, 0.6) is 0 Å². The van der Waals surface area contributed by atoms with E-state index < -0.39 is 0 Å². The monoisotopic (exact) mass is 438 g/mol. The maximum Gasteiger partial charge on any atom is 0.143 e. The second-order valence-electron chi connectivity index (χ2n) is 8.56. The molecule has 0 bridgehead atoms. The molecule has 0 radical (unpaired) electrons. The first-order chi connectivity index (χ1) is 16.3. The molecule has 5 aromatic carbocycles. The Morgan fingerprint density at radius 3 is 1.97 bits per heavy atom. The second kappa shape index (κ2) is 7.09. The third-order valence-electron chi connectivity index (χ3n) is 6.63. The van der Waals surface area contributed by atoms with E-state index in [0.717, 1.165) is 16.7 Å². The van der Waals surface area contributed by atoms with E-state index in [-0.39, 0.29) is 0 Å². The fraction of sp³-hybridized carbons (Fsp3) is 0. The largest absolute Gasteiger partial charge is 0.455 e. The van der Waals surface area contributed by atoms with E-state index in [9.17, 15) is 0 Å². The van der Waals surface area contributed by atoms with Crippen molar-refractivity contribution < 1.29 is 4.42 Å². The van der Waals surface area contributed by atoms with Gasteiger partial charge in [-0.05, 0) is 17.2 Å². The Labute approximate surface area is 196 Å². The lowest BCUT2D eigenvalue weighted by Crippen LogP contribution is -2.01. The zero-order chi connectivity index (χ0) is 21.9. The molecule has 0 amide bonds. The molecule has 0 aliphatic carbocycles. The minimum absolute atomic E-state index is 0.951. The Balaban J connectivity index is 1.56. The van der Waals surface area contributed by atoms with Crippen LogP contribution in [0.3, 0.4) is 0 Å². The number of hydrogen-bond donors (Lipinski definition) is 0. The van der Waals surface area contributed by atoms with Crippen LogP contribution in [0.4, 0.5) is 0 Å². The van der Waals surface area contributed by atoms with E-state index in [1.54, 1.807) is 0 Å². The van der Waals surface area contributed by atoms with Crippen molar-refractivity contribution in [2.24, 2.45) is 0 Å². The van der Waals surface area contributed by atoms with Gasteiger partial charge in [0.2, 0.25) is 0 Å². The van der Waals surface area contributed by atoms with Gasteiger partial charge < -0.3 is 4.42 Å². The van der Waals surface area contributed by atoms with E-state index in [4.69, 9.17) is 4.42 Å². The number of thiophene rings is 1. The van der Waals surface area contributed by atoms with Gasteiger partial charge in [-0.3, -0.25) is 0 Å². The Kier molecular flexibility index (Phi) is 4.03. The SMILES string of the molecule is Bc1cccc2oc3c(-c4cccc5c4sc4c(-c6ccccc6)cccc45)cccc3c12. The molecule has 0 N–H and O–H groups in total. The summed E-state index contributed by atoms with van der Waals surface area (Å²) in [6.45, 7) is 0. The predicted molar refractivity (Wildman–Crippen MR) is 146 cm³/mol. The highest BCUT2D eigenvalue weighted by Gasteiger charge is 2.17. The van der Waals surface area contributed by atoms with Crippen LogP contribution < -0.4 is 5.46 Å². The summed E-state index contributed by atoms with van der Waals surface area (Å²) in [6.07, 6.45) is 0. The van der Waals surface area contributed by atoms with E-state index in [2.05, 4.69) is 111 Å². The summed E-state index contributed by atoms with van der Waals surface area (Å²) in [6, 6.07) is 36.8. The summed E-state index contributed by atoms with van der Waals surface area (Å²) in [5, 5.41) is 5.01. The molecule has 0 aliphatic heterocycles. The molecule has 0 fully saturated rings. The minimum Gasteiger partial charge on any atom is -0.455 e. The molecule has 1 nitrogen and oxygen atoms in total. The van der Waals surface area contributed by atoms with Crippen LogP contribution in [-0.4, -0.2) is 7.85 Å². The molecule has 0 aliphatic rings. The van der Waals surface area contributed by atoms with Gasteiger partial charge in [0.05, 0.1) is 0 Å². The van der Waals surface area contributed by atoms with Crippen molar-refractivity contribution in [2.75, 3.05) is 0 Å². The molecule has 7 rings (SSSR count). The highest BCUT2D eigenvalue weighted by molar-refractivity contribution is 7.26. The van der Waals surface area contributed by atoms with Gasteiger partial charge in [-0.25, -0.2) is 0 Å². The Hall–Kier alpha value is -3.82. The highest BCUT2D eigenvalue weighted by Crippen LogP contribution is 2.45. The first-order valence-corrected chi connectivity index (χ1v) is 12.0. The number of furan rings is 1. The Bertz CT molecular complexity index is 1830. The maximum absolute atomic E-state index is 6.44. The normalized spacial score (nSPS) is 11.8. The first-order valence-electron chi connectivity index (χ1n) is 11.2. The molecule has 33 heavy (non-hydrogen) atoms. The molecular weight excluding hydrogens is 419 g/mol. The molecular formula is C30H19BOS. The Morgan fingerprint density at radius 1 is 0.545 bits per heavy atom. The summed E-state index contributed by atoms with van der Waals surface area (Å²) >= 11 is 1.88. The molecule has 0 saturated carbocycles. The smallest absolute Gasteiger partial charge is 0.143 e. The van der Waals surface area contributed by atoms with E-state index in [1.165, 1.54) is 53.1 Å². The van der Waals surface area contributed by atoms with E-state index in [1.807, 2.05) is 11.3 Å². The maximum atomic E-state index is 6.44. The van der Waals surface area contributed by atoms with Crippen molar-refractivity contribution in [2.45, 2.75) is 0 Å². The number of para-hydroxylation sites is 1. The summed E-state index contributed by atoms with van der Waals surface area (Å²) in [5.74, 6) is 0. The fourth-order valence-corrected chi connectivity index (χ4v) is 6.48. The lowest BCUT2D eigenvalue weighted by atomic mass is 9.90. The highest BCUT2D eigenvalue weighted by atomic mass is 32.1. The van der Waals surface area contributed by atoms with Crippen LogP contribution >= 0.6 is 11.3 Å². The van der Waals surface area contributed by atoms with Gasteiger partial charge in [0.25, 0.3) is 0 Å². The van der Waals surface area contributed by atoms with Crippen LogP contribution in [0.2, 0.25) is 0 Å². The zero-order valence-corrected chi connectivity index (χ0v) is 18.9. The summed E-state index contributed by atoms with van der Waals surface area (Å²) in [5.41, 5.74) is 8.10. The van der Waals surface area contributed by atoms with E-state index in [0.29, 0.717) is 0 Å². The van der Waals surface area contributed by atoms with Gasteiger partial charge in [0.1, 0.15) is 19.0 Å². The quantitative estimate of drug-likeness (QED) is 0.254. The van der Waals surface area contributed by atoms with Crippen LogP contribution in [0, 0.1) is 0 Å². The minimum atomic E-state index is 0.951. The predicted octanol–water partition coefficient (Wildman–Crippen LogP) is 7.55. The summed E-state index contributed by atoms with van der Waals surface area (Å²) < 4.78 is 9.08. The first kappa shape index (κ1) is 18.7. The number of hydrogen-bond acceptors (Lipinski definition) is 2. The lowest BCUT2D eigenvalue weighted by Gasteiger charge is -2.04. The Morgan fingerprint density at radius 2 is 1.18 bits per heavy atom. The molecule has 0 atom stereocenters. The second-order valence-corrected chi connectivity index (χ2v) is 9.59. The van der Waals surface area contributed by atoms with Crippen molar-refractivity contribution in [1.29, 1.82) is 0 Å². The zero-order valence-electron chi connectivity index (χ0n) is 18.1. The summed E-state index contributed by atoms with van der Waals surface area (Å²) in [7, 11) is 2.15. The molecule has 2 aromatic heterocycles. The van der Waals surface area contributed by atoms with Crippen molar-refractivity contribution in [3.05, 3.63) is 103 Å². The molecule has 0 saturated heterocycles. The van der Waals surface area contributed by atoms with Crippen molar-refractivity contribution in [3.8, 4) is 22.3 Å². The number of rotatable bonds is 2. The molecule has 2 heterocycles. The average molecular weight is 438 g/mol. The van der Waals surface area contributed by atoms with Crippen LogP contribution in [-0.2, 0) is 0 Å². The van der Waals surface area contributed by atoms with Crippen molar-refractivity contribution >= 4 is 66.8 Å². The lowest BCUT2D eigenvalue weighted by molar-refractivity contribution is 0.670. The molecule has 7 aromatic rings. The standard InChI is InChI=1S/C30H19BOS/c31-25-16-7-17-26-27(25)24-15-5-11-20(28(24)32-26)21-12-6-14-23-22-13-4-10-19(29(22)33-30(21)23)18-8-2-1-3-9-18/h1-17H,31H2. The molecule has 154 valence electrons. The molecule has 0 unspecified atom stereocenters. The van der Waals surface area contributed by atoms with Crippen LogP contribution in [0.15, 0.2) is 108 Å². The van der Waals surface area contributed by atoms with E-state index >= 15 is 0 Å². The van der Waals surface area contributed by atoms with Gasteiger partial charge in [-0.2, -0.15) is 0 Å². The molecule has 3 heteroatoms. The van der Waals surface area contributed by atoms with Crippen LogP contribution in [0.1, 0.15) is 0 Å².